The number of nitrogens with one attached hydrogen (secondary N) is 2. The molecule has 3 atom stereocenters. The van der Waals surface area contributed by atoms with E-state index < -0.39 is 12.1 Å². The van der Waals surface area contributed by atoms with Gasteiger partial charge in [0.1, 0.15) is 18.9 Å². The van der Waals surface area contributed by atoms with Crippen molar-refractivity contribution in [3.05, 3.63) is 102 Å². The summed E-state index contributed by atoms with van der Waals surface area (Å²) in [6.07, 6.45) is 4.20. The molecule has 5 rings (SSSR count). The van der Waals surface area contributed by atoms with E-state index in [0.29, 0.717) is 24.4 Å². The lowest BCUT2D eigenvalue weighted by Gasteiger charge is -2.29. The second-order valence-electron chi connectivity index (χ2n) is 9.25. The Morgan fingerprint density at radius 1 is 1.08 bits per heavy atom. The number of aryl methyl sites for hydroxylation is 1. The molecule has 36 heavy (non-hydrogen) atoms. The number of carbonyl (C=O) groups is 2. The number of ether oxygens (including phenoxy) is 1. The van der Waals surface area contributed by atoms with E-state index in [1.54, 1.807) is 0 Å². The number of aldehydes is 1. The standard InChI is InChI=1S/C29H30N4O3/c30-27-16-26(27)21-10-13-23(14-11-21)32-33(29(35)36-19-20-6-2-1-3-7-20)24(18-34)15-12-22-17-31-28-9-5-4-8-25(22)28/h1-11,13-14,17-18,24,26-27,31-32H,12,15-16,19,30H2. The number of anilines is 1. The van der Waals surface area contributed by atoms with Crippen LogP contribution in [0.25, 0.3) is 10.9 Å². The lowest BCUT2D eigenvalue weighted by molar-refractivity contribution is -0.111. The van der Waals surface area contributed by atoms with Gasteiger partial charge in [-0.15, -0.1) is 0 Å². The van der Waals surface area contributed by atoms with Gasteiger partial charge in [0.2, 0.25) is 0 Å². The van der Waals surface area contributed by atoms with Crippen molar-refractivity contribution in [2.24, 2.45) is 5.73 Å². The molecule has 1 aliphatic carbocycles. The molecule has 0 saturated heterocycles. The second kappa shape index (κ2) is 10.7. The average Bonchev–Trinajstić information content (AvgIpc) is 3.51. The zero-order chi connectivity index (χ0) is 24.9. The predicted molar refractivity (Wildman–Crippen MR) is 140 cm³/mol. The van der Waals surface area contributed by atoms with Gasteiger partial charge < -0.3 is 20.2 Å². The molecule has 1 amide bonds. The minimum Gasteiger partial charge on any atom is -0.443 e. The first-order chi connectivity index (χ1) is 17.6. The van der Waals surface area contributed by atoms with Crippen molar-refractivity contribution in [1.82, 2.24) is 9.99 Å². The Kier molecular flexibility index (Phi) is 7.00. The van der Waals surface area contributed by atoms with Gasteiger partial charge in [-0.05, 0) is 54.2 Å². The molecule has 1 aliphatic rings. The van der Waals surface area contributed by atoms with Gasteiger partial charge in [0.25, 0.3) is 0 Å². The molecule has 1 heterocycles. The van der Waals surface area contributed by atoms with Crippen molar-refractivity contribution in [1.29, 1.82) is 0 Å². The number of aromatic nitrogens is 1. The Hall–Kier alpha value is -4.10. The number of hydrogen-bond acceptors (Lipinski definition) is 5. The molecule has 4 N–H and O–H groups in total. The van der Waals surface area contributed by atoms with Gasteiger partial charge in [0, 0.05) is 29.1 Å². The van der Waals surface area contributed by atoms with E-state index in [1.165, 1.54) is 10.6 Å². The number of hydrazine groups is 1. The zero-order valence-electron chi connectivity index (χ0n) is 20.0. The highest BCUT2D eigenvalue weighted by molar-refractivity contribution is 5.83. The number of amides is 1. The number of para-hydroxylation sites is 1. The van der Waals surface area contributed by atoms with Crippen LogP contribution in [0.4, 0.5) is 10.5 Å². The maximum Gasteiger partial charge on any atom is 0.429 e. The molecule has 0 bridgehead atoms. The Bertz CT molecular complexity index is 1320. The van der Waals surface area contributed by atoms with Crippen molar-refractivity contribution >= 4 is 29.0 Å². The molecule has 1 saturated carbocycles. The number of aromatic amines is 1. The van der Waals surface area contributed by atoms with Crippen molar-refractivity contribution < 1.29 is 14.3 Å². The van der Waals surface area contributed by atoms with E-state index in [-0.39, 0.29) is 12.6 Å². The van der Waals surface area contributed by atoms with Crippen LogP contribution >= 0.6 is 0 Å². The van der Waals surface area contributed by atoms with E-state index in [0.717, 1.165) is 34.7 Å². The molecule has 7 heteroatoms. The number of fused-ring (bicyclic) bond motifs is 1. The fourth-order valence-electron chi connectivity index (χ4n) is 4.49. The molecule has 4 aromatic rings. The van der Waals surface area contributed by atoms with Crippen LogP contribution in [-0.4, -0.2) is 34.5 Å². The molecule has 7 nitrogen and oxygen atoms in total. The summed E-state index contributed by atoms with van der Waals surface area (Å²) < 4.78 is 5.58. The third kappa shape index (κ3) is 5.42. The molecular weight excluding hydrogens is 452 g/mol. The van der Waals surface area contributed by atoms with Gasteiger partial charge in [0.05, 0.1) is 5.69 Å². The molecule has 0 radical (unpaired) electrons. The van der Waals surface area contributed by atoms with Gasteiger partial charge in [-0.1, -0.05) is 60.7 Å². The van der Waals surface area contributed by atoms with Crippen LogP contribution in [-0.2, 0) is 22.6 Å². The zero-order valence-corrected chi connectivity index (χ0v) is 20.0. The van der Waals surface area contributed by atoms with E-state index in [2.05, 4.69) is 16.5 Å². The number of benzene rings is 3. The number of carbonyl (C=O) groups excluding carboxylic acids is 2. The molecule has 3 aromatic carbocycles. The Labute approximate surface area is 210 Å². The summed E-state index contributed by atoms with van der Waals surface area (Å²) in [6.45, 7) is 0.115. The van der Waals surface area contributed by atoms with Crippen LogP contribution < -0.4 is 11.2 Å². The normalized spacial score (nSPS) is 17.4. The summed E-state index contributed by atoms with van der Waals surface area (Å²) in [5.74, 6) is 0.393. The summed E-state index contributed by atoms with van der Waals surface area (Å²) in [5, 5.41) is 2.41. The van der Waals surface area contributed by atoms with Crippen molar-refractivity contribution in [3.8, 4) is 0 Å². The van der Waals surface area contributed by atoms with Crippen LogP contribution in [0.2, 0.25) is 0 Å². The SMILES string of the molecule is NC1CC1c1ccc(NN(C(=O)OCc2ccccc2)C(C=O)CCc2c[nH]c3ccccc23)cc1. The van der Waals surface area contributed by atoms with Crippen LogP contribution in [0, 0.1) is 0 Å². The smallest absolute Gasteiger partial charge is 0.429 e. The number of rotatable bonds is 10. The number of nitrogens with two attached hydrogens (primary N) is 1. The lowest BCUT2D eigenvalue weighted by atomic mass is 10.0. The van der Waals surface area contributed by atoms with Crippen LogP contribution in [0.1, 0.15) is 35.4 Å². The van der Waals surface area contributed by atoms with Gasteiger partial charge in [-0.3, -0.25) is 5.43 Å². The molecular formula is C29H30N4O3. The first-order valence-corrected chi connectivity index (χ1v) is 12.2. The molecule has 0 spiro atoms. The Morgan fingerprint density at radius 2 is 1.81 bits per heavy atom. The van der Waals surface area contributed by atoms with Gasteiger partial charge in [-0.25, -0.2) is 9.80 Å². The molecule has 1 aromatic heterocycles. The summed E-state index contributed by atoms with van der Waals surface area (Å²) in [5.41, 5.74) is 14.0. The summed E-state index contributed by atoms with van der Waals surface area (Å²) >= 11 is 0. The van der Waals surface area contributed by atoms with Crippen molar-refractivity contribution in [2.45, 2.75) is 43.9 Å². The first-order valence-electron chi connectivity index (χ1n) is 12.2. The Morgan fingerprint density at radius 3 is 2.53 bits per heavy atom. The molecule has 1 fully saturated rings. The fourth-order valence-corrected chi connectivity index (χ4v) is 4.49. The van der Waals surface area contributed by atoms with E-state index in [9.17, 15) is 9.59 Å². The van der Waals surface area contributed by atoms with Gasteiger partial charge in [-0.2, -0.15) is 0 Å². The topological polar surface area (TPSA) is 100 Å². The number of nitrogens with zero attached hydrogens (tertiary/aromatic N) is 1. The van der Waals surface area contributed by atoms with Crippen LogP contribution in [0.15, 0.2) is 85.1 Å². The molecule has 3 unspecified atom stereocenters. The third-order valence-corrected chi connectivity index (χ3v) is 6.70. The second-order valence-corrected chi connectivity index (χ2v) is 9.25. The number of H-pyrrole nitrogens is 1. The maximum absolute atomic E-state index is 13.2. The highest BCUT2D eigenvalue weighted by Crippen LogP contribution is 2.39. The lowest BCUT2D eigenvalue weighted by Crippen LogP contribution is -2.45. The van der Waals surface area contributed by atoms with Crippen LogP contribution in [0.5, 0.6) is 0 Å². The van der Waals surface area contributed by atoms with Gasteiger partial charge in [0.15, 0.2) is 0 Å². The summed E-state index contributed by atoms with van der Waals surface area (Å²) in [6, 6.07) is 24.8. The highest BCUT2D eigenvalue weighted by atomic mass is 16.6. The van der Waals surface area contributed by atoms with E-state index in [4.69, 9.17) is 10.5 Å². The van der Waals surface area contributed by atoms with E-state index in [1.807, 2.05) is 79.0 Å². The van der Waals surface area contributed by atoms with Crippen molar-refractivity contribution in [2.75, 3.05) is 5.43 Å². The third-order valence-electron chi connectivity index (χ3n) is 6.70. The molecule has 184 valence electrons. The van der Waals surface area contributed by atoms with Gasteiger partial charge >= 0.3 is 6.09 Å². The predicted octanol–water partition coefficient (Wildman–Crippen LogP) is 5.15. The quantitative estimate of drug-likeness (QED) is 0.214. The van der Waals surface area contributed by atoms with E-state index >= 15 is 0 Å². The number of hydrogen-bond donors (Lipinski definition) is 3. The largest absolute Gasteiger partial charge is 0.443 e. The first kappa shape index (κ1) is 23.6. The Balaban J connectivity index is 1.32. The fraction of sp³-hybridized carbons (Fsp3) is 0.241. The highest BCUT2D eigenvalue weighted by Gasteiger charge is 2.34. The van der Waals surface area contributed by atoms with Crippen molar-refractivity contribution in [3.63, 3.8) is 0 Å². The summed E-state index contributed by atoms with van der Waals surface area (Å²) in [7, 11) is 0. The summed E-state index contributed by atoms with van der Waals surface area (Å²) in [4.78, 5) is 28.7. The van der Waals surface area contributed by atoms with Crippen LogP contribution in [0.3, 0.4) is 0 Å². The maximum atomic E-state index is 13.2. The monoisotopic (exact) mass is 482 g/mol. The minimum absolute atomic E-state index is 0.115. The molecule has 0 aliphatic heterocycles. The average molecular weight is 483 g/mol. The minimum atomic E-state index is -0.724.